The minimum Gasteiger partial charge on any atom is -0.393 e. The predicted octanol–water partition coefficient (Wildman–Crippen LogP) is 14.1. The van der Waals surface area contributed by atoms with E-state index in [1.807, 2.05) is 55.4 Å². The second-order valence-corrected chi connectivity index (χ2v) is 34.7. The second kappa shape index (κ2) is 34.1. The van der Waals surface area contributed by atoms with Crippen LogP contribution >= 0.6 is 0 Å². The molecule has 3 saturated heterocycles. The molecular formula is C60H128O11S3. The van der Waals surface area contributed by atoms with E-state index in [1.165, 1.54) is 12.7 Å². The summed E-state index contributed by atoms with van der Waals surface area (Å²) in [5, 5.41) is 37.4. The molecule has 452 valence electrons. The molecule has 0 radical (unpaired) electrons. The zero-order chi connectivity index (χ0) is 59.8. The molecule has 4 aliphatic carbocycles. The SMILES string of the molecule is CC.CC.CC.CC.CC(C)(C)C1CCS(=O)(=O)CC1.CC(C)(C)C1CS(=O)(=O)C1.CC(C)(C)CC1(O)CC1.CC(C)(C)CC1(O)CCC1.CC(C)(C)CC1(O)COC1.CC1CC(O)C1.CC1CC(S(C)(=O)=O)C1. The Morgan fingerprint density at radius 2 is 0.811 bits per heavy atom. The number of hydrogen-bond acceptors (Lipinski definition) is 11. The summed E-state index contributed by atoms with van der Waals surface area (Å²) in [6.45, 7) is 53.6. The van der Waals surface area contributed by atoms with Crippen LogP contribution in [0, 0.1) is 50.7 Å². The smallest absolute Gasteiger partial charge is 0.150 e. The maximum absolute atomic E-state index is 11.1. The molecule has 4 N–H and O–H groups in total. The predicted molar refractivity (Wildman–Crippen MR) is 320 cm³/mol. The van der Waals surface area contributed by atoms with Crippen LogP contribution in [0.15, 0.2) is 0 Å². The molecule has 14 heteroatoms. The molecule has 7 aliphatic rings. The summed E-state index contributed by atoms with van der Waals surface area (Å²) in [6.07, 6.45) is 14.9. The summed E-state index contributed by atoms with van der Waals surface area (Å²) < 4.78 is 70.2. The molecule has 3 aliphatic heterocycles. The molecule has 0 aromatic heterocycles. The molecule has 11 nitrogen and oxygen atoms in total. The van der Waals surface area contributed by atoms with Gasteiger partial charge in [0.15, 0.2) is 9.84 Å². The van der Waals surface area contributed by atoms with Gasteiger partial charge in [-0.3, -0.25) is 0 Å². The number of aliphatic hydroxyl groups excluding tert-OH is 1. The Morgan fingerprint density at radius 1 is 0.500 bits per heavy atom. The van der Waals surface area contributed by atoms with Crippen LogP contribution in [0.5, 0.6) is 0 Å². The summed E-state index contributed by atoms with van der Waals surface area (Å²) in [5.74, 6) is 3.99. The van der Waals surface area contributed by atoms with Crippen LogP contribution in [0.25, 0.3) is 0 Å². The standard InChI is InChI=1S/C9H18O2S.C9H18O.C8H16O2.C8H16O.C7H14O2S.C6H12O2S.C5H10O.4C2H6/c1-9(2,3)8-4-6-12(10,11)7-5-8;1-8(2,3)7-9(10)5-4-6-9;1-7(2,3)4-8(9)5-10-6-8;1-7(2,3)6-8(9)4-5-8;1-7(2,3)6-4-10(8,9)5-6;1-5-3-6(4-5)9(2,7)8;1-4-2-5(6)3-4;4*1-2/h8H,4-7H2,1-3H3;10H,4-7H2,1-3H3;9H,4-6H2,1-3H3;9H,4-6H2,1-3H3;6H,4-5H2,1-3H3;5-6H,3-4H2,1-2H3;4-6H,2-3H2,1H3;4*1-2H3. The molecule has 7 rings (SSSR count). The largest absolute Gasteiger partial charge is 0.393 e. The van der Waals surface area contributed by atoms with Crippen molar-refractivity contribution < 1.29 is 50.4 Å². The van der Waals surface area contributed by atoms with Crippen LogP contribution in [0.2, 0.25) is 0 Å². The summed E-state index contributed by atoms with van der Waals surface area (Å²) in [4.78, 5) is 0. The summed E-state index contributed by atoms with van der Waals surface area (Å²) in [6, 6.07) is 0. The van der Waals surface area contributed by atoms with Crippen molar-refractivity contribution in [3.05, 3.63) is 0 Å². The quantitative estimate of drug-likeness (QED) is 0.209. The van der Waals surface area contributed by atoms with E-state index < -0.39 is 35.1 Å². The van der Waals surface area contributed by atoms with Gasteiger partial charge >= 0.3 is 0 Å². The number of hydrogen-bond donors (Lipinski definition) is 4. The van der Waals surface area contributed by atoms with E-state index in [4.69, 9.17) is 9.84 Å². The van der Waals surface area contributed by atoms with E-state index >= 15 is 0 Å². The fraction of sp³-hybridized carbons (Fsp3) is 1.00. The normalized spacial score (nSPS) is 25.4. The van der Waals surface area contributed by atoms with Crippen molar-refractivity contribution in [3.63, 3.8) is 0 Å². The highest BCUT2D eigenvalue weighted by Crippen LogP contribution is 2.44. The van der Waals surface area contributed by atoms with Crippen molar-refractivity contribution in [3.8, 4) is 0 Å². The van der Waals surface area contributed by atoms with Crippen LogP contribution in [0.1, 0.15) is 263 Å². The maximum Gasteiger partial charge on any atom is 0.150 e. The van der Waals surface area contributed by atoms with Gasteiger partial charge in [-0.15, -0.1) is 0 Å². The fourth-order valence-corrected chi connectivity index (χ4v) is 14.3. The van der Waals surface area contributed by atoms with Crippen LogP contribution in [0.3, 0.4) is 0 Å². The molecule has 0 unspecified atom stereocenters. The zero-order valence-electron chi connectivity index (χ0n) is 53.5. The van der Waals surface area contributed by atoms with E-state index in [9.17, 15) is 40.6 Å². The monoisotopic (exact) mass is 1120 g/mol. The molecule has 0 aromatic carbocycles. The first-order valence-corrected chi connectivity index (χ1v) is 34.8. The summed E-state index contributed by atoms with van der Waals surface area (Å²) in [7, 11) is -7.99. The first-order valence-electron chi connectivity index (χ1n) is 29.2. The number of rotatable bonds is 4. The topological polar surface area (TPSA) is 193 Å². The Bertz CT molecular complexity index is 1700. The van der Waals surface area contributed by atoms with Crippen molar-refractivity contribution in [2.24, 2.45) is 50.7 Å². The van der Waals surface area contributed by atoms with E-state index in [2.05, 4.69) is 118 Å². The molecule has 4 saturated carbocycles. The lowest BCUT2D eigenvalue weighted by atomic mass is 9.71. The summed E-state index contributed by atoms with van der Waals surface area (Å²) >= 11 is 0. The van der Waals surface area contributed by atoms with Gasteiger partial charge in [0.25, 0.3) is 0 Å². The Labute approximate surface area is 461 Å². The van der Waals surface area contributed by atoms with Crippen molar-refractivity contribution in [2.45, 2.75) is 291 Å². The molecule has 3 heterocycles. The van der Waals surface area contributed by atoms with E-state index in [-0.39, 0.29) is 44.2 Å². The Balaban J connectivity index is -0.000000379. The fourth-order valence-electron chi connectivity index (χ4n) is 9.34. The first kappa shape index (κ1) is 80.1. The average Bonchev–Trinajstić information content (AvgIpc) is 3.90. The number of aliphatic hydroxyl groups is 4. The van der Waals surface area contributed by atoms with Gasteiger partial charge < -0.3 is 25.2 Å². The van der Waals surface area contributed by atoms with Gasteiger partial charge in [-0.05, 0) is 141 Å². The number of ether oxygens (including phenoxy) is 1. The zero-order valence-corrected chi connectivity index (χ0v) is 55.9. The van der Waals surface area contributed by atoms with E-state index in [0.717, 1.165) is 89.4 Å². The van der Waals surface area contributed by atoms with Crippen molar-refractivity contribution in [2.75, 3.05) is 42.5 Å². The maximum atomic E-state index is 11.1. The molecule has 74 heavy (non-hydrogen) atoms. The lowest BCUT2D eigenvalue weighted by Gasteiger charge is -2.41. The van der Waals surface area contributed by atoms with Gasteiger partial charge in [-0.1, -0.05) is 173 Å². The Hall–Kier alpha value is -0.350. The molecule has 0 aromatic rings. The lowest BCUT2D eigenvalue weighted by Crippen LogP contribution is -2.51. The summed E-state index contributed by atoms with van der Waals surface area (Å²) in [5.41, 5.74) is 0.162. The highest BCUT2D eigenvalue weighted by atomic mass is 32.2. The molecule has 7 fully saturated rings. The second-order valence-electron chi connectivity index (χ2n) is 27.9. The Kier molecular flexibility index (Phi) is 36.9. The van der Waals surface area contributed by atoms with Crippen LogP contribution in [-0.2, 0) is 34.2 Å². The van der Waals surface area contributed by atoms with E-state index in [0.29, 0.717) is 59.4 Å². The van der Waals surface area contributed by atoms with Crippen LogP contribution in [-0.4, -0.2) is 116 Å². The van der Waals surface area contributed by atoms with Gasteiger partial charge in [0, 0.05) is 6.26 Å². The number of sulfone groups is 3. The first-order chi connectivity index (χ1) is 33.2. The molecular weight excluding hydrogens is 993 g/mol. The van der Waals surface area contributed by atoms with Crippen molar-refractivity contribution >= 4 is 29.5 Å². The van der Waals surface area contributed by atoms with Gasteiger partial charge in [0.2, 0.25) is 0 Å². The third-order valence-corrected chi connectivity index (χ3v) is 18.8. The minimum absolute atomic E-state index is 0.0208. The van der Waals surface area contributed by atoms with Gasteiger partial charge in [0.1, 0.15) is 25.3 Å². The highest BCUT2D eigenvalue weighted by Gasteiger charge is 2.43. The Morgan fingerprint density at radius 3 is 0.932 bits per heavy atom. The molecule has 0 amide bonds. The lowest BCUT2D eigenvalue weighted by molar-refractivity contribution is -0.192. The van der Waals surface area contributed by atoms with Crippen molar-refractivity contribution in [1.82, 2.24) is 0 Å². The van der Waals surface area contributed by atoms with Crippen molar-refractivity contribution in [1.29, 1.82) is 0 Å². The average molecular weight is 1120 g/mol. The highest BCUT2D eigenvalue weighted by molar-refractivity contribution is 7.92. The molecule has 0 spiro atoms. The third kappa shape index (κ3) is 39.9. The van der Waals surface area contributed by atoms with Crippen LogP contribution in [0.4, 0.5) is 0 Å². The van der Waals surface area contributed by atoms with Gasteiger partial charge in [-0.2, -0.15) is 0 Å². The molecule has 0 atom stereocenters. The van der Waals surface area contributed by atoms with Crippen LogP contribution < -0.4 is 0 Å². The van der Waals surface area contributed by atoms with Gasteiger partial charge in [0.05, 0.1) is 58.8 Å². The minimum atomic E-state index is -2.70. The third-order valence-electron chi connectivity index (χ3n) is 13.6. The molecule has 0 bridgehead atoms. The van der Waals surface area contributed by atoms with Gasteiger partial charge in [-0.25, -0.2) is 25.3 Å². The van der Waals surface area contributed by atoms with E-state index in [1.54, 1.807) is 0 Å².